The minimum Gasteiger partial charge on any atom is -0.399 e. The van der Waals surface area contributed by atoms with Crippen molar-refractivity contribution in [2.24, 2.45) is 0 Å². The van der Waals surface area contributed by atoms with E-state index in [-0.39, 0.29) is 55.4 Å². The number of likely N-dealkylation sites (N-methyl/N-ethyl adjacent to an activating group) is 1. The van der Waals surface area contributed by atoms with Crippen LogP contribution < -0.4 is 11.1 Å². The number of nitrogen functional groups attached to an aromatic ring is 1. The molecule has 0 saturated carbocycles. The molecule has 0 bridgehead atoms. The first-order valence-corrected chi connectivity index (χ1v) is 20.7. The van der Waals surface area contributed by atoms with Crippen molar-refractivity contribution in [1.82, 2.24) is 14.7 Å². The second-order valence-corrected chi connectivity index (χ2v) is 16.6. The molecule has 10 nitrogen and oxygen atoms in total. The van der Waals surface area contributed by atoms with Gasteiger partial charge in [0.2, 0.25) is 11.8 Å². The largest absolute Gasteiger partial charge is 0.416 e. The first kappa shape index (κ1) is 45.5. The number of rotatable bonds is 13. The second kappa shape index (κ2) is 18.3. The topological polar surface area (TPSA) is 117 Å². The number of hydrogen-bond donors (Lipinski definition) is 2. The molecule has 2 aliphatic heterocycles. The molecule has 7 rings (SSSR count). The zero-order chi connectivity index (χ0) is 45.2. The maximum absolute atomic E-state index is 14.1. The molecule has 17 heteroatoms. The Morgan fingerprint density at radius 1 is 0.905 bits per heavy atom. The van der Waals surface area contributed by atoms with Crippen molar-refractivity contribution in [3.8, 4) is 0 Å². The first-order valence-electron chi connectivity index (χ1n) is 20.7. The second-order valence-electron chi connectivity index (χ2n) is 16.6. The number of hydrogen-bond acceptors (Lipinski definition) is 7. The van der Waals surface area contributed by atoms with E-state index in [1.54, 1.807) is 36.2 Å². The van der Waals surface area contributed by atoms with E-state index in [0.717, 1.165) is 10.5 Å². The maximum Gasteiger partial charge on any atom is 0.416 e. The number of nitrogens with zero attached hydrogens (tertiary/aromatic N) is 3. The number of benzene rings is 4. The van der Waals surface area contributed by atoms with Crippen LogP contribution in [0, 0.1) is 5.82 Å². The van der Waals surface area contributed by atoms with Gasteiger partial charge in [0.15, 0.2) is 0 Å². The Labute approximate surface area is 360 Å². The number of halogens is 7. The summed E-state index contributed by atoms with van der Waals surface area (Å²) in [5.74, 6) is -1.97. The van der Waals surface area contributed by atoms with Gasteiger partial charge in [-0.25, -0.2) is 4.39 Å². The quantitative estimate of drug-likeness (QED) is 0.103. The van der Waals surface area contributed by atoms with E-state index >= 15 is 0 Å². The Morgan fingerprint density at radius 3 is 2.21 bits per heavy atom. The average molecular weight is 884 g/mol. The molecule has 0 radical (unpaired) electrons. The summed E-state index contributed by atoms with van der Waals surface area (Å²) in [4.78, 5) is 44.2. The van der Waals surface area contributed by atoms with Crippen LogP contribution in [0.25, 0.3) is 0 Å². The lowest BCUT2D eigenvalue weighted by Gasteiger charge is -2.44. The van der Waals surface area contributed by atoms with Crippen molar-refractivity contribution in [2.75, 3.05) is 64.2 Å². The van der Waals surface area contributed by atoms with Crippen LogP contribution in [0.4, 0.5) is 42.1 Å². The Balaban J connectivity index is 0.982. The van der Waals surface area contributed by atoms with Crippen molar-refractivity contribution in [2.45, 2.75) is 68.0 Å². The molecule has 2 fully saturated rings. The SMILES string of the molecule is CN(CCCC(=O)Nc1ccc(N)cc1)C(=O)CO[C@H]1Cc2ccccc2C12CCN(CC[C@]1(c3ccc(F)cc3)CN(C(=O)c3cc(C(F)(F)F)cc(C(F)(F)F)c3)CO1)CC2. The average Bonchev–Trinajstić information content (AvgIpc) is 3.82. The summed E-state index contributed by atoms with van der Waals surface area (Å²) < 4.78 is 109. The van der Waals surface area contributed by atoms with Crippen LogP contribution in [0.2, 0.25) is 0 Å². The van der Waals surface area contributed by atoms with E-state index in [4.69, 9.17) is 15.2 Å². The van der Waals surface area contributed by atoms with Crippen LogP contribution in [0.15, 0.2) is 91.0 Å². The van der Waals surface area contributed by atoms with Gasteiger partial charge in [-0.3, -0.25) is 14.4 Å². The zero-order valence-electron chi connectivity index (χ0n) is 34.5. The molecule has 2 atom stereocenters. The number of likely N-dealkylation sites (tertiary alicyclic amines) is 1. The highest BCUT2D eigenvalue weighted by atomic mass is 19.4. The lowest BCUT2D eigenvalue weighted by Crippen LogP contribution is -2.50. The van der Waals surface area contributed by atoms with Crippen LogP contribution >= 0.6 is 0 Å². The van der Waals surface area contributed by atoms with Crippen molar-refractivity contribution >= 4 is 29.1 Å². The van der Waals surface area contributed by atoms with Crippen molar-refractivity contribution in [3.05, 3.63) is 130 Å². The molecule has 1 aliphatic carbocycles. The van der Waals surface area contributed by atoms with Crippen LogP contribution in [0.5, 0.6) is 0 Å². The predicted octanol–water partition coefficient (Wildman–Crippen LogP) is 8.01. The number of anilines is 2. The van der Waals surface area contributed by atoms with E-state index in [1.807, 2.05) is 12.1 Å². The Morgan fingerprint density at radius 2 is 1.56 bits per heavy atom. The van der Waals surface area contributed by atoms with Crippen LogP contribution in [-0.2, 0) is 48.9 Å². The van der Waals surface area contributed by atoms with Gasteiger partial charge in [0.05, 0.1) is 23.8 Å². The molecule has 63 heavy (non-hydrogen) atoms. The minimum absolute atomic E-state index is 0.0301. The van der Waals surface area contributed by atoms with Gasteiger partial charge >= 0.3 is 12.4 Å². The summed E-state index contributed by atoms with van der Waals surface area (Å²) >= 11 is 0. The van der Waals surface area contributed by atoms with E-state index in [9.17, 15) is 45.1 Å². The summed E-state index contributed by atoms with van der Waals surface area (Å²) in [6.45, 7) is 1.28. The Kier molecular flexibility index (Phi) is 13.2. The third-order valence-electron chi connectivity index (χ3n) is 12.5. The van der Waals surface area contributed by atoms with E-state index in [0.29, 0.717) is 80.9 Å². The Hall–Kier alpha value is -5.52. The molecule has 1 spiro atoms. The summed E-state index contributed by atoms with van der Waals surface area (Å²) in [7, 11) is 1.68. The maximum atomic E-state index is 14.1. The summed E-state index contributed by atoms with van der Waals surface area (Å²) in [5.41, 5.74) is 4.14. The van der Waals surface area contributed by atoms with Gasteiger partial charge in [0, 0.05) is 48.9 Å². The van der Waals surface area contributed by atoms with Gasteiger partial charge in [-0.05, 0) is 116 Å². The molecule has 0 unspecified atom stereocenters. The number of fused-ring (bicyclic) bond motifs is 2. The summed E-state index contributed by atoms with van der Waals surface area (Å²) in [6, 6.07) is 21.2. The third kappa shape index (κ3) is 10.3. The van der Waals surface area contributed by atoms with Gasteiger partial charge in [0.25, 0.3) is 5.91 Å². The molecule has 2 saturated heterocycles. The molecule has 4 aromatic carbocycles. The normalized spacial score (nSPS) is 19.9. The zero-order valence-corrected chi connectivity index (χ0v) is 34.5. The van der Waals surface area contributed by atoms with Gasteiger partial charge in [-0.1, -0.05) is 36.4 Å². The first-order chi connectivity index (χ1) is 29.8. The fraction of sp³-hybridized carbons (Fsp3) is 0.413. The van der Waals surface area contributed by atoms with Gasteiger partial charge in [0.1, 0.15) is 24.8 Å². The van der Waals surface area contributed by atoms with Crippen LogP contribution in [-0.4, -0.2) is 91.6 Å². The molecule has 3 amide bonds. The lowest BCUT2D eigenvalue weighted by molar-refractivity contribution is -0.143. The fourth-order valence-corrected chi connectivity index (χ4v) is 8.97. The highest BCUT2D eigenvalue weighted by molar-refractivity contribution is 5.95. The number of nitrogens with two attached hydrogens (primary N) is 1. The van der Waals surface area contributed by atoms with E-state index in [1.165, 1.54) is 29.8 Å². The summed E-state index contributed by atoms with van der Waals surface area (Å²) in [5, 5.41) is 2.82. The third-order valence-corrected chi connectivity index (χ3v) is 12.5. The number of alkyl halides is 6. The Bertz CT molecular complexity index is 2250. The molecule has 4 aromatic rings. The lowest BCUT2D eigenvalue weighted by atomic mass is 9.72. The molecule has 3 N–H and O–H groups in total. The van der Waals surface area contributed by atoms with Crippen LogP contribution in [0.3, 0.4) is 0 Å². The predicted molar refractivity (Wildman–Crippen MR) is 220 cm³/mol. The number of nitrogens with one attached hydrogen (secondary N) is 1. The molecule has 0 aromatic heterocycles. The number of amides is 3. The highest BCUT2D eigenvalue weighted by Gasteiger charge is 2.50. The molecular weight excluding hydrogens is 836 g/mol. The molecule has 2 heterocycles. The van der Waals surface area contributed by atoms with Crippen molar-refractivity contribution in [3.63, 3.8) is 0 Å². The van der Waals surface area contributed by atoms with E-state index < -0.39 is 53.1 Å². The number of ether oxygens (including phenoxy) is 2. The number of carbonyl (C=O) groups is 3. The van der Waals surface area contributed by atoms with Crippen molar-refractivity contribution in [1.29, 1.82) is 0 Å². The van der Waals surface area contributed by atoms with E-state index in [2.05, 4.69) is 22.3 Å². The highest BCUT2D eigenvalue weighted by Crippen LogP contribution is 2.48. The smallest absolute Gasteiger partial charge is 0.399 e. The van der Waals surface area contributed by atoms with Crippen LogP contribution in [0.1, 0.15) is 70.3 Å². The number of piperidine rings is 1. The van der Waals surface area contributed by atoms with Gasteiger partial charge < -0.3 is 35.2 Å². The monoisotopic (exact) mass is 883 g/mol. The van der Waals surface area contributed by atoms with Gasteiger partial charge in [-0.2, -0.15) is 26.3 Å². The molecule has 336 valence electrons. The summed E-state index contributed by atoms with van der Waals surface area (Å²) in [6.07, 6.45) is -7.60. The number of carbonyl (C=O) groups excluding carboxylic acids is 3. The standard InChI is InChI=1S/C46H48F7N5O5/c1-56(19-4-7-40(59)55-37-14-12-36(54)13-15-37)41(60)27-62-39-25-30-5-2-3-6-38(30)43(39)16-20-57(21-17-43)22-18-44(32-8-10-35(47)11-9-32)28-58(29-63-44)42(61)31-23-33(45(48,49)50)26-34(24-31)46(51,52)53/h2-3,5-6,8-15,23-24,26,39H,4,7,16-22,25,27-29,54H2,1H3,(H,55,59)/t39-,44+/m0/s1. The minimum atomic E-state index is -5.13. The molecular formula is C46H48F7N5O5. The molecule has 3 aliphatic rings. The van der Waals surface area contributed by atoms with Gasteiger partial charge in [-0.15, -0.1) is 0 Å². The fourth-order valence-electron chi connectivity index (χ4n) is 8.97. The van der Waals surface area contributed by atoms with Crippen molar-refractivity contribution < 1.29 is 54.6 Å².